The Labute approximate surface area is 170 Å². The molecule has 1 aromatic heterocycles. The molecule has 0 bridgehead atoms. The molecule has 1 heterocycles. The van der Waals surface area contributed by atoms with E-state index >= 15 is 0 Å². The van der Waals surface area contributed by atoms with Crippen LogP contribution in [0.15, 0.2) is 54.6 Å². The molecule has 1 N–H and O–H groups in total. The lowest BCUT2D eigenvalue weighted by Crippen LogP contribution is -2.34. The van der Waals surface area contributed by atoms with Crippen LogP contribution in [-0.2, 0) is 17.9 Å². The van der Waals surface area contributed by atoms with E-state index in [0.717, 1.165) is 28.2 Å². The maximum atomic E-state index is 12.3. The van der Waals surface area contributed by atoms with Crippen LogP contribution >= 0.6 is 11.6 Å². The summed E-state index contributed by atoms with van der Waals surface area (Å²) in [7, 11) is 1.95. The molecule has 0 atom stereocenters. The lowest BCUT2D eigenvalue weighted by molar-refractivity contribution is -0.122. The average molecular weight is 397 g/mol. The standard InChI is InChI=1S/C22H25ClN4O/c1-16-21(17(2)27(25-16)20-7-5-4-6-8-20)14-26(3)15-22(28)24-13-18-9-11-19(23)12-10-18/h4-12H,13-15H2,1-3H3,(H,24,28). The second-order valence-electron chi connectivity index (χ2n) is 6.97. The van der Waals surface area contributed by atoms with Crippen molar-refractivity contribution in [3.8, 4) is 5.69 Å². The maximum Gasteiger partial charge on any atom is 0.234 e. The summed E-state index contributed by atoms with van der Waals surface area (Å²) in [4.78, 5) is 14.3. The molecule has 28 heavy (non-hydrogen) atoms. The Morgan fingerprint density at radius 1 is 1.11 bits per heavy atom. The third-order valence-electron chi connectivity index (χ3n) is 4.69. The number of carbonyl (C=O) groups excluding carboxylic acids is 1. The van der Waals surface area contributed by atoms with E-state index in [9.17, 15) is 4.79 Å². The molecule has 0 aliphatic carbocycles. The summed E-state index contributed by atoms with van der Waals surface area (Å²) in [5, 5.41) is 8.32. The van der Waals surface area contributed by atoms with Crippen molar-refractivity contribution in [2.45, 2.75) is 26.9 Å². The molecular weight excluding hydrogens is 372 g/mol. The van der Waals surface area contributed by atoms with Crippen LogP contribution in [0, 0.1) is 13.8 Å². The molecule has 0 aliphatic rings. The van der Waals surface area contributed by atoms with Gasteiger partial charge in [-0.1, -0.05) is 41.9 Å². The van der Waals surface area contributed by atoms with Crippen molar-refractivity contribution in [1.82, 2.24) is 20.0 Å². The molecule has 0 saturated carbocycles. The van der Waals surface area contributed by atoms with Gasteiger partial charge in [-0.2, -0.15) is 5.10 Å². The average Bonchev–Trinajstić information content (AvgIpc) is 2.96. The number of nitrogens with zero attached hydrogens (tertiary/aromatic N) is 3. The topological polar surface area (TPSA) is 50.2 Å². The van der Waals surface area contributed by atoms with Gasteiger partial charge in [0, 0.05) is 29.4 Å². The van der Waals surface area contributed by atoms with Crippen molar-refractivity contribution >= 4 is 17.5 Å². The number of aryl methyl sites for hydroxylation is 1. The van der Waals surface area contributed by atoms with Crippen LogP contribution < -0.4 is 5.32 Å². The third-order valence-corrected chi connectivity index (χ3v) is 4.94. The second kappa shape index (κ2) is 9.04. The van der Waals surface area contributed by atoms with Gasteiger partial charge in [-0.15, -0.1) is 0 Å². The molecule has 2 aromatic carbocycles. The molecule has 3 rings (SSSR count). The summed E-state index contributed by atoms with van der Waals surface area (Å²) in [6, 6.07) is 17.6. The highest BCUT2D eigenvalue weighted by atomic mass is 35.5. The van der Waals surface area contributed by atoms with Crippen LogP contribution in [0.5, 0.6) is 0 Å². The zero-order valence-corrected chi connectivity index (χ0v) is 17.2. The van der Waals surface area contributed by atoms with Gasteiger partial charge >= 0.3 is 0 Å². The van der Waals surface area contributed by atoms with Gasteiger partial charge < -0.3 is 5.32 Å². The number of hydrogen-bond acceptors (Lipinski definition) is 3. The number of likely N-dealkylation sites (N-methyl/N-ethyl adjacent to an activating group) is 1. The molecule has 3 aromatic rings. The summed E-state index contributed by atoms with van der Waals surface area (Å²) >= 11 is 5.89. The highest BCUT2D eigenvalue weighted by Gasteiger charge is 2.15. The largest absolute Gasteiger partial charge is 0.351 e. The summed E-state index contributed by atoms with van der Waals surface area (Å²) in [6.45, 7) is 5.56. The lowest BCUT2D eigenvalue weighted by Gasteiger charge is -2.17. The van der Waals surface area contributed by atoms with E-state index in [-0.39, 0.29) is 5.91 Å². The van der Waals surface area contributed by atoms with Crippen LogP contribution in [0.2, 0.25) is 5.02 Å². The first-order chi connectivity index (χ1) is 13.4. The molecule has 0 spiro atoms. The number of benzene rings is 2. The summed E-state index contributed by atoms with van der Waals surface area (Å²) in [5.41, 5.74) is 5.29. The number of halogens is 1. The summed E-state index contributed by atoms with van der Waals surface area (Å²) in [5.74, 6) is -0.0109. The van der Waals surface area contributed by atoms with E-state index in [1.807, 2.05) is 78.2 Å². The van der Waals surface area contributed by atoms with Crippen molar-refractivity contribution in [2.24, 2.45) is 0 Å². The van der Waals surface area contributed by atoms with Crippen molar-refractivity contribution in [3.63, 3.8) is 0 Å². The van der Waals surface area contributed by atoms with Gasteiger partial charge in [0.25, 0.3) is 0 Å². The van der Waals surface area contributed by atoms with Crippen LogP contribution in [0.25, 0.3) is 5.69 Å². The van der Waals surface area contributed by atoms with E-state index in [0.29, 0.717) is 24.7 Å². The van der Waals surface area contributed by atoms with Gasteiger partial charge in [0.2, 0.25) is 5.91 Å². The normalized spacial score (nSPS) is 11.0. The molecule has 0 saturated heterocycles. The first-order valence-corrected chi connectivity index (χ1v) is 9.62. The number of rotatable bonds is 7. The van der Waals surface area contributed by atoms with Crippen LogP contribution in [0.1, 0.15) is 22.5 Å². The molecular formula is C22H25ClN4O. The number of amides is 1. The number of para-hydroxylation sites is 1. The zero-order chi connectivity index (χ0) is 20.1. The Hall–Kier alpha value is -2.63. The van der Waals surface area contributed by atoms with E-state index in [1.165, 1.54) is 0 Å². The van der Waals surface area contributed by atoms with E-state index < -0.39 is 0 Å². The van der Waals surface area contributed by atoms with Crippen LogP contribution in [0.3, 0.4) is 0 Å². The van der Waals surface area contributed by atoms with Crippen molar-refractivity contribution in [2.75, 3.05) is 13.6 Å². The highest BCUT2D eigenvalue weighted by molar-refractivity contribution is 6.30. The van der Waals surface area contributed by atoms with Crippen molar-refractivity contribution in [3.05, 3.63) is 82.1 Å². The minimum atomic E-state index is -0.0109. The quantitative estimate of drug-likeness (QED) is 0.659. The van der Waals surface area contributed by atoms with Gasteiger partial charge in [0.15, 0.2) is 0 Å². The number of nitrogens with one attached hydrogen (secondary N) is 1. The Morgan fingerprint density at radius 3 is 2.46 bits per heavy atom. The molecule has 1 amide bonds. The first kappa shape index (κ1) is 20.1. The Bertz CT molecular complexity index is 935. The zero-order valence-electron chi connectivity index (χ0n) is 16.4. The molecule has 0 fully saturated rings. The smallest absolute Gasteiger partial charge is 0.234 e. The minimum absolute atomic E-state index is 0.0109. The van der Waals surface area contributed by atoms with Crippen LogP contribution in [-0.4, -0.2) is 34.2 Å². The fourth-order valence-corrected chi connectivity index (χ4v) is 3.28. The van der Waals surface area contributed by atoms with Gasteiger partial charge in [-0.05, 0) is 50.7 Å². The van der Waals surface area contributed by atoms with Gasteiger partial charge in [0.05, 0.1) is 17.9 Å². The molecule has 6 heteroatoms. The van der Waals surface area contributed by atoms with Gasteiger partial charge in [-0.3, -0.25) is 9.69 Å². The highest BCUT2D eigenvalue weighted by Crippen LogP contribution is 2.19. The van der Waals surface area contributed by atoms with E-state index in [4.69, 9.17) is 11.6 Å². The van der Waals surface area contributed by atoms with Crippen molar-refractivity contribution in [1.29, 1.82) is 0 Å². The van der Waals surface area contributed by atoms with E-state index in [2.05, 4.69) is 17.3 Å². The Kier molecular flexibility index (Phi) is 6.49. The Morgan fingerprint density at radius 2 is 1.79 bits per heavy atom. The SMILES string of the molecule is Cc1nn(-c2ccccc2)c(C)c1CN(C)CC(=O)NCc1ccc(Cl)cc1. The third kappa shape index (κ3) is 5.00. The number of carbonyl (C=O) groups is 1. The molecule has 5 nitrogen and oxygen atoms in total. The Balaban J connectivity index is 1.58. The molecule has 0 unspecified atom stereocenters. The second-order valence-corrected chi connectivity index (χ2v) is 7.41. The van der Waals surface area contributed by atoms with Gasteiger partial charge in [0.1, 0.15) is 0 Å². The molecule has 0 radical (unpaired) electrons. The van der Waals surface area contributed by atoms with Crippen molar-refractivity contribution < 1.29 is 4.79 Å². The summed E-state index contributed by atoms with van der Waals surface area (Å²) in [6.07, 6.45) is 0. The summed E-state index contributed by atoms with van der Waals surface area (Å²) < 4.78 is 1.96. The van der Waals surface area contributed by atoms with Gasteiger partial charge in [-0.25, -0.2) is 4.68 Å². The lowest BCUT2D eigenvalue weighted by atomic mass is 10.2. The molecule has 0 aliphatic heterocycles. The minimum Gasteiger partial charge on any atom is -0.351 e. The molecule has 146 valence electrons. The fraction of sp³-hybridized carbons (Fsp3) is 0.273. The van der Waals surface area contributed by atoms with E-state index in [1.54, 1.807) is 0 Å². The van der Waals surface area contributed by atoms with Crippen LogP contribution in [0.4, 0.5) is 0 Å². The monoisotopic (exact) mass is 396 g/mol. The maximum absolute atomic E-state index is 12.3. The number of aromatic nitrogens is 2. The number of hydrogen-bond donors (Lipinski definition) is 1. The fourth-order valence-electron chi connectivity index (χ4n) is 3.15. The predicted octanol–water partition coefficient (Wildman–Crippen LogP) is 3.89. The first-order valence-electron chi connectivity index (χ1n) is 9.24. The predicted molar refractivity (Wildman–Crippen MR) is 113 cm³/mol.